The second-order valence-electron chi connectivity index (χ2n) is 9.38. The Morgan fingerprint density at radius 3 is 2.57 bits per heavy atom. The fourth-order valence-corrected chi connectivity index (χ4v) is 5.89. The van der Waals surface area contributed by atoms with E-state index in [0.29, 0.717) is 32.8 Å². The maximum atomic E-state index is 13.7. The van der Waals surface area contributed by atoms with E-state index in [1.807, 2.05) is 50.2 Å². The number of hydrogen-bond donors (Lipinski definition) is 0. The predicted octanol–water partition coefficient (Wildman–Crippen LogP) is 5.09. The first kappa shape index (κ1) is 23.8. The second kappa shape index (κ2) is 9.59. The highest BCUT2D eigenvalue weighted by molar-refractivity contribution is 8.26. The third kappa shape index (κ3) is 4.65. The third-order valence-electron chi connectivity index (χ3n) is 6.67. The van der Waals surface area contributed by atoms with Crippen LogP contribution in [0.2, 0.25) is 0 Å². The Morgan fingerprint density at radius 1 is 1.09 bits per heavy atom. The zero-order valence-corrected chi connectivity index (χ0v) is 21.8. The van der Waals surface area contributed by atoms with Gasteiger partial charge in [0.2, 0.25) is 0 Å². The minimum atomic E-state index is -0.174. The molecule has 8 heteroatoms. The molecule has 1 atom stereocenters. The molecular formula is C27H28N4O2S2. The quantitative estimate of drug-likeness (QED) is 0.364. The van der Waals surface area contributed by atoms with E-state index in [2.05, 4.69) is 11.8 Å². The molecule has 0 bridgehead atoms. The Labute approximate surface area is 214 Å². The molecule has 0 radical (unpaired) electrons. The van der Waals surface area contributed by atoms with Crippen LogP contribution in [0.1, 0.15) is 48.4 Å². The normalized spacial score (nSPS) is 19.9. The van der Waals surface area contributed by atoms with Crippen molar-refractivity contribution in [2.45, 2.75) is 52.6 Å². The van der Waals surface area contributed by atoms with Crippen LogP contribution < -0.4 is 10.5 Å². The summed E-state index contributed by atoms with van der Waals surface area (Å²) < 4.78 is 2.08. The molecule has 5 rings (SSSR count). The van der Waals surface area contributed by atoms with Crippen molar-refractivity contribution in [3.8, 4) is 0 Å². The second-order valence-corrected chi connectivity index (χ2v) is 11.1. The number of piperidine rings is 1. The largest absolute Gasteiger partial charge is 0.353 e. The highest BCUT2D eigenvalue weighted by atomic mass is 32.2. The summed E-state index contributed by atoms with van der Waals surface area (Å²) in [5.41, 5.74) is 4.03. The molecule has 2 fully saturated rings. The highest BCUT2D eigenvalue weighted by Crippen LogP contribution is 2.35. The number of hydrogen-bond acceptors (Lipinski definition) is 6. The standard InChI is InChI=1S/C27H28N4O2S2/c1-17-7-10-20(11-8-17)16-31-26(33)22(35-27(31)34)14-21-24(29-13-5-4-6-19(29)3)28-23-12-9-18(2)15-30(23)25(21)32/h7-12,14-15,19H,4-6,13,16H2,1-3H3/b22-14+. The van der Waals surface area contributed by atoms with Gasteiger partial charge in [0.1, 0.15) is 15.8 Å². The number of aromatic nitrogens is 2. The molecule has 1 unspecified atom stereocenters. The zero-order valence-electron chi connectivity index (χ0n) is 20.2. The van der Waals surface area contributed by atoms with Crippen LogP contribution in [0.15, 0.2) is 52.3 Å². The summed E-state index contributed by atoms with van der Waals surface area (Å²) in [4.78, 5) is 36.3. The van der Waals surface area contributed by atoms with Crippen LogP contribution in [0.4, 0.5) is 5.82 Å². The number of rotatable bonds is 4. The average Bonchev–Trinajstić information content (AvgIpc) is 3.10. The van der Waals surface area contributed by atoms with Gasteiger partial charge in [-0.1, -0.05) is 59.9 Å². The van der Waals surface area contributed by atoms with Gasteiger partial charge in [-0.15, -0.1) is 0 Å². The first-order chi connectivity index (χ1) is 16.8. The van der Waals surface area contributed by atoms with E-state index in [4.69, 9.17) is 17.2 Å². The van der Waals surface area contributed by atoms with Crippen molar-refractivity contribution in [3.63, 3.8) is 0 Å². The molecule has 3 aromatic rings. The van der Waals surface area contributed by atoms with E-state index >= 15 is 0 Å². The fourth-order valence-electron chi connectivity index (χ4n) is 4.65. The van der Waals surface area contributed by atoms with Crippen molar-refractivity contribution in [1.82, 2.24) is 14.3 Å². The number of nitrogens with zero attached hydrogens (tertiary/aromatic N) is 4. The Hall–Kier alpha value is -2.97. The van der Waals surface area contributed by atoms with Gasteiger partial charge in [0.15, 0.2) is 0 Å². The van der Waals surface area contributed by atoms with Crippen LogP contribution in [-0.4, -0.2) is 37.1 Å². The lowest BCUT2D eigenvalue weighted by Crippen LogP contribution is -2.40. The van der Waals surface area contributed by atoms with E-state index in [1.165, 1.54) is 11.8 Å². The number of carbonyl (C=O) groups is 1. The number of fused-ring (bicyclic) bond motifs is 1. The van der Waals surface area contributed by atoms with Crippen molar-refractivity contribution in [2.75, 3.05) is 11.4 Å². The lowest BCUT2D eigenvalue weighted by Gasteiger charge is -2.35. The fraction of sp³-hybridized carbons (Fsp3) is 0.333. The topological polar surface area (TPSA) is 57.9 Å². The number of thioether (sulfide) groups is 1. The average molecular weight is 505 g/mol. The summed E-state index contributed by atoms with van der Waals surface area (Å²) in [6, 6.07) is 12.2. The molecule has 1 amide bonds. The molecule has 0 saturated carbocycles. The number of benzene rings is 1. The SMILES string of the molecule is Cc1ccc(CN2C(=O)/C(=C\c3c(N4CCCCC4C)nc4ccc(C)cn4c3=O)SC2=S)cc1. The number of anilines is 1. The molecule has 1 aromatic carbocycles. The van der Waals surface area contributed by atoms with E-state index in [9.17, 15) is 9.59 Å². The van der Waals surface area contributed by atoms with Crippen molar-refractivity contribution in [3.05, 3.63) is 80.1 Å². The molecule has 0 spiro atoms. The summed E-state index contributed by atoms with van der Waals surface area (Å²) in [6.45, 7) is 7.40. The predicted molar refractivity (Wildman–Crippen MR) is 147 cm³/mol. The first-order valence-electron chi connectivity index (χ1n) is 11.9. The number of carbonyl (C=O) groups excluding carboxylic acids is 1. The molecule has 180 valence electrons. The van der Waals surface area contributed by atoms with Gasteiger partial charge < -0.3 is 4.90 Å². The number of amides is 1. The van der Waals surface area contributed by atoms with Gasteiger partial charge in [-0.25, -0.2) is 4.98 Å². The summed E-state index contributed by atoms with van der Waals surface area (Å²) >= 11 is 6.80. The molecule has 2 saturated heterocycles. The van der Waals surface area contributed by atoms with Gasteiger partial charge in [0.25, 0.3) is 11.5 Å². The lowest BCUT2D eigenvalue weighted by atomic mass is 10.0. The summed E-state index contributed by atoms with van der Waals surface area (Å²) in [7, 11) is 0. The van der Waals surface area contributed by atoms with Crippen molar-refractivity contribution in [1.29, 1.82) is 0 Å². The van der Waals surface area contributed by atoms with Gasteiger partial charge in [0.05, 0.1) is 17.0 Å². The van der Waals surface area contributed by atoms with Gasteiger partial charge in [0, 0.05) is 18.8 Å². The molecule has 2 aromatic heterocycles. The molecule has 35 heavy (non-hydrogen) atoms. The Kier molecular flexibility index (Phi) is 6.51. The van der Waals surface area contributed by atoms with Crippen LogP contribution >= 0.6 is 24.0 Å². The number of thiocarbonyl (C=S) groups is 1. The molecule has 4 heterocycles. The molecular weight excluding hydrogens is 476 g/mol. The zero-order chi connectivity index (χ0) is 24.7. The summed E-state index contributed by atoms with van der Waals surface area (Å²) in [6.07, 6.45) is 6.77. The maximum Gasteiger partial charge on any atom is 0.267 e. The van der Waals surface area contributed by atoms with Crippen LogP contribution in [0.25, 0.3) is 11.7 Å². The molecule has 2 aliphatic heterocycles. The lowest BCUT2D eigenvalue weighted by molar-refractivity contribution is -0.122. The molecule has 2 aliphatic rings. The third-order valence-corrected chi connectivity index (χ3v) is 8.05. The van der Waals surface area contributed by atoms with Crippen molar-refractivity contribution in [2.24, 2.45) is 0 Å². The smallest absolute Gasteiger partial charge is 0.267 e. The maximum absolute atomic E-state index is 13.7. The van der Waals surface area contributed by atoms with Gasteiger partial charge >= 0.3 is 0 Å². The van der Waals surface area contributed by atoms with Crippen LogP contribution in [0.3, 0.4) is 0 Å². The summed E-state index contributed by atoms with van der Waals surface area (Å²) in [5.74, 6) is 0.474. The van der Waals surface area contributed by atoms with E-state index in [0.717, 1.165) is 42.5 Å². The summed E-state index contributed by atoms with van der Waals surface area (Å²) in [5, 5.41) is 0. The Morgan fingerprint density at radius 2 is 1.83 bits per heavy atom. The van der Waals surface area contributed by atoms with Crippen molar-refractivity contribution >= 4 is 51.7 Å². The minimum Gasteiger partial charge on any atom is -0.353 e. The Bertz CT molecular complexity index is 1410. The van der Waals surface area contributed by atoms with Crippen LogP contribution in [0.5, 0.6) is 0 Å². The van der Waals surface area contributed by atoms with Gasteiger partial charge in [-0.05, 0) is 63.3 Å². The van der Waals surface area contributed by atoms with Crippen molar-refractivity contribution < 1.29 is 4.79 Å². The molecule has 6 nitrogen and oxygen atoms in total. The van der Waals surface area contributed by atoms with E-state index in [1.54, 1.807) is 21.6 Å². The van der Waals surface area contributed by atoms with Crippen LogP contribution in [0, 0.1) is 13.8 Å². The van der Waals surface area contributed by atoms with Crippen LogP contribution in [-0.2, 0) is 11.3 Å². The van der Waals surface area contributed by atoms with Gasteiger partial charge in [-0.3, -0.25) is 18.9 Å². The van der Waals surface area contributed by atoms with Gasteiger partial charge in [-0.2, -0.15) is 0 Å². The molecule has 0 N–H and O–H groups in total. The highest BCUT2D eigenvalue weighted by Gasteiger charge is 2.33. The van der Waals surface area contributed by atoms with E-state index in [-0.39, 0.29) is 17.5 Å². The monoisotopic (exact) mass is 504 g/mol. The number of pyridine rings is 1. The minimum absolute atomic E-state index is 0.171. The Balaban J connectivity index is 1.58. The van der Waals surface area contributed by atoms with E-state index < -0.39 is 0 Å². The first-order valence-corrected chi connectivity index (χ1v) is 13.1. The molecule has 0 aliphatic carbocycles. The number of aryl methyl sites for hydroxylation is 2.